The number of carbonyl (C=O) groups excluding carboxylic acids is 1. The molecule has 5 nitrogen and oxygen atoms in total. The summed E-state index contributed by atoms with van der Waals surface area (Å²) in [5.74, 6) is -3.18. The maximum atomic E-state index is 13.3. The number of halogens is 2. The molecular formula is C14H16F2N2O3. The van der Waals surface area contributed by atoms with Crippen LogP contribution < -0.4 is 0 Å². The molecule has 114 valence electrons. The van der Waals surface area contributed by atoms with Crippen LogP contribution in [0.3, 0.4) is 0 Å². The van der Waals surface area contributed by atoms with Crippen LogP contribution in [0.5, 0.6) is 0 Å². The third-order valence-electron chi connectivity index (χ3n) is 3.47. The topological polar surface area (TPSA) is 63.5 Å². The van der Waals surface area contributed by atoms with Gasteiger partial charge in [-0.3, -0.25) is 14.9 Å². The second-order valence-electron chi connectivity index (χ2n) is 5.12. The molecule has 0 N–H and O–H groups in total. The zero-order valence-electron chi connectivity index (χ0n) is 11.6. The Hall–Kier alpha value is -2.05. The fourth-order valence-corrected chi connectivity index (χ4v) is 2.18. The molecule has 1 fully saturated rings. The van der Waals surface area contributed by atoms with E-state index in [1.165, 1.54) is 4.90 Å². The number of rotatable bonds is 6. The van der Waals surface area contributed by atoms with E-state index in [-0.39, 0.29) is 11.6 Å². The van der Waals surface area contributed by atoms with E-state index in [1.54, 1.807) is 0 Å². The van der Waals surface area contributed by atoms with Gasteiger partial charge in [-0.2, -0.15) is 0 Å². The van der Waals surface area contributed by atoms with E-state index in [4.69, 9.17) is 0 Å². The molecule has 0 heterocycles. The van der Waals surface area contributed by atoms with E-state index in [0.717, 1.165) is 25.7 Å². The van der Waals surface area contributed by atoms with Crippen molar-refractivity contribution in [1.82, 2.24) is 4.90 Å². The average Bonchev–Trinajstić information content (AvgIpc) is 3.26. The van der Waals surface area contributed by atoms with Gasteiger partial charge < -0.3 is 4.90 Å². The lowest BCUT2D eigenvalue weighted by atomic mass is 10.1. The summed E-state index contributed by atoms with van der Waals surface area (Å²) < 4.78 is 26.5. The Morgan fingerprint density at radius 2 is 2.00 bits per heavy atom. The lowest BCUT2D eigenvalue weighted by Crippen LogP contribution is -2.34. The molecule has 1 aromatic rings. The van der Waals surface area contributed by atoms with Gasteiger partial charge in [0.15, 0.2) is 11.6 Å². The summed E-state index contributed by atoms with van der Waals surface area (Å²) in [6, 6.07) is 1.14. The standard InChI is InChI=1S/C14H16F2N2O3/c1-2-3-6-17(9-4-5-9)14(19)10-7-11(15)12(16)8-13(10)18(20)21/h7-9H,2-6H2,1H3. The minimum atomic E-state index is -1.33. The molecule has 0 aliphatic heterocycles. The highest BCUT2D eigenvalue weighted by atomic mass is 19.2. The van der Waals surface area contributed by atoms with Crippen molar-refractivity contribution in [3.63, 3.8) is 0 Å². The number of unbranched alkanes of at least 4 members (excludes halogenated alkanes) is 1. The molecule has 1 aliphatic rings. The van der Waals surface area contributed by atoms with Crippen molar-refractivity contribution in [3.8, 4) is 0 Å². The number of hydrogen-bond acceptors (Lipinski definition) is 3. The number of carbonyl (C=O) groups is 1. The average molecular weight is 298 g/mol. The summed E-state index contributed by atoms with van der Waals surface area (Å²) in [6.45, 7) is 2.44. The van der Waals surface area contributed by atoms with E-state index in [9.17, 15) is 23.7 Å². The van der Waals surface area contributed by atoms with Gasteiger partial charge in [-0.25, -0.2) is 8.78 Å². The molecule has 21 heavy (non-hydrogen) atoms. The van der Waals surface area contributed by atoms with Crippen LogP contribution in [-0.4, -0.2) is 28.3 Å². The van der Waals surface area contributed by atoms with E-state index in [0.29, 0.717) is 18.7 Å². The zero-order valence-corrected chi connectivity index (χ0v) is 11.6. The molecule has 1 aliphatic carbocycles. The van der Waals surface area contributed by atoms with Crippen molar-refractivity contribution >= 4 is 11.6 Å². The van der Waals surface area contributed by atoms with Gasteiger partial charge in [-0.15, -0.1) is 0 Å². The number of nitrogens with zero attached hydrogens (tertiary/aromatic N) is 2. The number of nitro groups is 1. The van der Waals surface area contributed by atoms with Crippen molar-refractivity contribution in [1.29, 1.82) is 0 Å². The van der Waals surface area contributed by atoms with Crippen LogP contribution in [0.25, 0.3) is 0 Å². The fourth-order valence-electron chi connectivity index (χ4n) is 2.18. The third-order valence-corrected chi connectivity index (χ3v) is 3.47. The van der Waals surface area contributed by atoms with Gasteiger partial charge in [0, 0.05) is 12.6 Å². The second kappa shape index (κ2) is 6.15. The fraction of sp³-hybridized carbons (Fsp3) is 0.500. The van der Waals surface area contributed by atoms with Crippen LogP contribution in [0, 0.1) is 21.7 Å². The van der Waals surface area contributed by atoms with Crippen LogP contribution in [0.15, 0.2) is 12.1 Å². The summed E-state index contributed by atoms with van der Waals surface area (Å²) in [6.07, 6.45) is 3.32. The van der Waals surface area contributed by atoms with Gasteiger partial charge in [0.2, 0.25) is 0 Å². The molecule has 0 unspecified atom stereocenters. The van der Waals surface area contributed by atoms with Crippen molar-refractivity contribution in [2.24, 2.45) is 0 Å². The predicted molar refractivity (Wildman–Crippen MR) is 72.0 cm³/mol. The smallest absolute Gasteiger partial charge is 0.285 e. The Bertz CT molecular complexity index is 574. The first-order chi connectivity index (χ1) is 9.95. The van der Waals surface area contributed by atoms with Crippen LogP contribution >= 0.6 is 0 Å². The minimum Gasteiger partial charge on any atom is -0.335 e. The van der Waals surface area contributed by atoms with E-state index in [1.807, 2.05) is 6.92 Å². The van der Waals surface area contributed by atoms with Crippen molar-refractivity contribution in [2.45, 2.75) is 38.6 Å². The summed E-state index contributed by atoms with van der Waals surface area (Å²) in [4.78, 5) is 24.1. The zero-order chi connectivity index (χ0) is 15.6. The van der Waals surface area contributed by atoms with Crippen molar-refractivity contribution < 1.29 is 18.5 Å². The van der Waals surface area contributed by atoms with Crippen molar-refractivity contribution in [2.75, 3.05) is 6.54 Å². The summed E-state index contributed by atoms with van der Waals surface area (Å²) in [7, 11) is 0. The molecular weight excluding hydrogens is 282 g/mol. The molecule has 0 radical (unpaired) electrons. The van der Waals surface area contributed by atoms with Gasteiger partial charge in [-0.1, -0.05) is 13.3 Å². The Balaban J connectivity index is 2.36. The van der Waals surface area contributed by atoms with E-state index < -0.39 is 28.2 Å². The molecule has 1 amide bonds. The molecule has 1 aromatic carbocycles. The summed E-state index contributed by atoms with van der Waals surface area (Å²) in [5.41, 5.74) is -1.08. The number of amides is 1. The largest absolute Gasteiger partial charge is 0.335 e. The molecule has 2 rings (SSSR count). The first-order valence-corrected chi connectivity index (χ1v) is 6.90. The Labute approximate surface area is 120 Å². The second-order valence-corrected chi connectivity index (χ2v) is 5.12. The monoisotopic (exact) mass is 298 g/mol. The molecule has 7 heteroatoms. The molecule has 0 saturated heterocycles. The first kappa shape index (κ1) is 15.3. The van der Waals surface area contributed by atoms with Gasteiger partial charge >= 0.3 is 0 Å². The van der Waals surface area contributed by atoms with Gasteiger partial charge in [0.05, 0.1) is 11.0 Å². The van der Waals surface area contributed by atoms with E-state index in [2.05, 4.69) is 0 Å². The highest BCUT2D eigenvalue weighted by Gasteiger charge is 2.35. The summed E-state index contributed by atoms with van der Waals surface area (Å²) in [5, 5.41) is 11.0. The minimum absolute atomic E-state index is 0.0526. The maximum Gasteiger partial charge on any atom is 0.285 e. The maximum absolute atomic E-state index is 13.3. The molecule has 1 saturated carbocycles. The molecule has 0 spiro atoms. The van der Waals surface area contributed by atoms with Crippen LogP contribution in [0.4, 0.5) is 14.5 Å². The van der Waals surface area contributed by atoms with Crippen molar-refractivity contribution in [3.05, 3.63) is 39.4 Å². The van der Waals surface area contributed by atoms with E-state index >= 15 is 0 Å². The lowest BCUT2D eigenvalue weighted by Gasteiger charge is -2.22. The first-order valence-electron chi connectivity index (χ1n) is 6.90. The SMILES string of the molecule is CCCCN(C(=O)c1cc(F)c(F)cc1[N+](=O)[O-])C1CC1. The van der Waals surface area contributed by atoms with Crippen LogP contribution in [0.2, 0.25) is 0 Å². The lowest BCUT2D eigenvalue weighted by molar-refractivity contribution is -0.385. The third kappa shape index (κ3) is 3.34. The highest BCUT2D eigenvalue weighted by molar-refractivity contribution is 5.98. The molecule has 0 bridgehead atoms. The highest BCUT2D eigenvalue weighted by Crippen LogP contribution is 2.31. The van der Waals surface area contributed by atoms with Crippen LogP contribution in [-0.2, 0) is 0 Å². The van der Waals surface area contributed by atoms with Crippen LogP contribution in [0.1, 0.15) is 43.0 Å². The van der Waals surface area contributed by atoms with Gasteiger partial charge in [-0.05, 0) is 25.3 Å². The Kier molecular flexibility index (Phi) is 4.50. The number of nitro benzene ring substituents is 1. The summed E-state index contributed by atoms with van der Waals surface area (Å²) >= 11 is 0. The van der Waals surface area contributed by atoms with Gasteiger partial charge in [0.1, 0.15) is 5.56 Å². The quantitative estimate of drug-likeness (QED) is 0.598. The molecule has 0 atom stereocenters. The Morgan fingerprint density at radius 3 is 2.52 bits per heavy atom. The van der Waals surface area contributed by atoms with Gasteiger partial charge in [0.25, 0.3) is 11.6 Å². The molecule has 0 aromatic heterocycles. The Morgan fingerprint density at radius 1 is 1.38 bits per heavy atom. The number of hydrogen-bond donors (Lipinski definition) is 0. The number of benzene rings is 1. The normalized spacial score (nSPS) is 14.0. The predicted octanol–water partition coefficient (Wildman–Crippen LogP) is 3.28.